The van der Waals surface area contributed by atoms with Crippen LogP contribution in [-0.4, -0.2) is 46.8 Å². The maximum absolute atomic E-state index is 5.94. The number of aromatic amines is 2. The summed E-state index contributed by atoms with van der Waals surface area (Å²) >= 11 is 5.94. The van der Waals surface area contributed by atoms with Gasteiger partial charge in [0, 0.05) is 50.2 Å². The average Bonchev–Trinajstić information content (AvgIpc) is 3.29. The molecule has 7 heteroatoms. The highest BCUT2D eigenvalue weighted by molar-refractivity contribution is 6.31. The van der Waals surface area contributed by atoms with Crippen molar-refractivity contribution in [1.82, 2.24) is 20.4 Å². The minimum absolute atomic E-state index is 0. The lowest BCUT2D eigenvalue weighted by Crippen LogP contribution is -2.14. The Morgan fingerprint density at radius 2 is 1.54 bits per heavy atom. The molecule has 0 saturated carbocycles. The maximum Gasteiger partial charge on any atom is 0.0818 e. The molecule has 0 spiro atoms. The van der Waals surface area contributed by atoms with E-state index in [0.29, 0.717) is 11.8 Å². The van der Waals surface area contributed by atoms with E-state index in [0.717, 1.165) is 62.8 Å². The van der Waals surface area contributed by atoms with Crippen molar-refractivity contribution in [2.24, 2.45) is 0 Å². The SMILES string of the molecule is C.Clc1cn[nH]c1C1CCOCC1.c1cc(C2CCOCC2)[nH]n1. The first-order valence-corrected chi connectivity index (χ1v) is 8.56. The Bertz CT molecular complexity index is 561. The molecule has 2 fully saturated rings. The Labute approximate surface area is 148 Å². The molecule has 4 rings (SSSR count). The van der Waals surface area contributed by atoms with Gasteiger partial charge in [-0.05, 0) is 31.7 Å². The number of nitrogens with zero attached hydrogens (tertiary/aromatic N) is 2. The van der Waals surface area contributed by atoms with Crippen LogP contribution in [0.1, 0.15) is 56.3 Å². The monoisotopic (exact) mass is 354 g/mol. The molecule has 0 aliphatic carbocycles. The zero-order valence-corrected chi connectivity index (χ0v) is 13.9. The van der Waals surface area contributed by atoms with Crippen molar-refractivity contribution in [2.45, 2.75) is 44.9 Å². The van der Waals surface area contributed by atoms with E-state index in [-0.39, 0.29) is 7.43 Å². The number of halogens is 1. The summed E-state index contributed by atoms with van der Waals surface area (Å²) in [6.07, 6.45) is 7.81. The van der Waals surface area contributed by atoms with Gasteiger partial charge >= 0.3 is 0 Å². The van der Waals surface area contributed by atoms with Gasteiger partial charge in [0.05, 0.1) is 16.9 Å². The predicted molar refractivity (Wildman–Crippen MR) is 94.5 cm³/mol. The Balaban J connectivity index is 0.000000167. The van der Waals surface area contributed by atoms with Crippen molar-refractivity contribution < 1.29 is 9.47 Å². The molecule has 0 bridgehead atoms. The van der Waals surface area contributed by atoms with E-state index in [4.69, 9.17) is 21.1 Å². The molecule has 4 heterocycles. The number of aromatic nitrogens is 4. The van der Waals surface area contributed by atoms with Crippen LogP contribution in [0.3, 0.4) is 0 Å². The van der Waals surface area contributed by atoms with Gasteiger partial charge in [0.15, 0.2) is 0 Å². The highest BCUT2D eigenvalue weighted by Gasteiger charge is 2.19. The third-order valence-electron chi connectivity index (χ3n) is 4.43. The van der Waals surface area contributed by atoms with Gasteiger partial charge in [-0.3, -0.25) is 10.2 Å². The molecule has 6 nitrogen and oxygen atoms in total. The largest absolute Gasteiger partial charge is 0.381 e. The molecule has 0 radical (unpaired) electrons. The Morgan fingerprint density at radius 3 is 2.04 bits per heavy atom. The van der Waals surface area contributed by atoms with Crippen molar-refractivity contribution in [3.8, 4) is 0 Å². The molecule has 2 aliphatic heterocycles. The van der Waals surface area contributed by atoms with E-state index in [1.54, 1.807) is 6.20 Å². The minimum Gasteiger partial charge on any atom is -0.381 e. The molecular weight excluding hydrogens is 328 g/mol. The van der Waals surface area contributed by atoms with E-state index >= 15 is 0 Å². The van der Waals surface area contributed by atoms with Crippen LogP contribution in [0, 0.1) is 0 Å². The smallest absolute Gasteiger partial charge is 0.0818 e. The van der Waals surface area contributed by atoms with Crippen molar-refractivity contribution in [1.29, 1.82) is 0 Å². The molecular formula is C17H27ClN4O2. The average molecular weight is 355 g/mol. The van der Waals surface area contributed by atoms with E-state index < -0.39 is 0 Å². The fourth-order valence-electron chi connectivity index (χ4n) is 3.06. The van der Waals surface area contributed by atoms with Crippen molar-refractivity contribution in [3.63, 3.8) is 0 Å². The number of hydrogen-bond donors (Lipinski definition) is 2. The summed E-state index contributed by atoms with van der Waals surface area (Å²) in [5.41, 5.74) is 2.33. The number of nitrogens with one attached hydrogen (secondary N) is 2. The fraction of sp³-hybridized carbons (Fsp3) is 0.647. The van der Waals surface area contributed by atoms with Gasteiger partial charge in [0.25, 0.3) is 0 Å². The summed E-state index contributed by atoms with van der Waals surface area (Å²) in [4.78, 5) is 0. The van der Waals surface area contributed by atoms with Crippen LogP contribution < -0.4 is 0 Å². The van der Waals surface area contributed by atoms with Crippen LogP contribution in [0.25, 0.3) is 0 Å². The third kappa shape index (κ3) is 5.06. The summed E-state index contributed by atoms with van der Waals surface area (Å²) in [7, 11) is 0. The van der Waals surface area contributed by atoms with Crippen molar-refractivity contribution in [3.05, 3.63) is 34.9 Å². The molecule has 24 heavy (non-hydrogen) atoms. The van der Waals surface area contributed by atoms with Gasteiger partial charge < -0.3 is 9.47 Å². The third-order valence-corrected chi connectivity index (χ3v) is 4.73. The highest BCUT2D eigenvalue weighted by atomic mass is 35.5. The standard InChI is InChI=1S/C8H11ClN2O.C8H12N2O.CH4/c9-7-5-10-11-8(7)6-1-3-12-4-2-6;1-4-9-10-8(1)7-2-5-11-6-3-7;/h5-6H,1-4H2,(H,10,11);1,4,7H,2-3,5-6H2,(H,9,10);1H4. The van der Waals surface area contributed by atoms with E-state index in [9.17, 15) is 0 Å². The van der Waals surface area contributed by atoms with Gasteiger partial charge in [-0.2, -0.15) is 10.2 Å². The second-order valence-electron chi connectivity index (χ2n) is 5.92. The molecule has 2 aromatic rings. The normalized spacial score (nSPS) is 19.2. The quantitative estimate of drug-likeness (QED) is 0.857. The molecule has 2 aliphatic rings. The van der Waals surface area contributed by atoms with Gasteiger partial charge in [-0.1, -0.05) is 19.0 Å². The number of ether oxygens (including phenoxy) is 2. The summed E-state index contributed by atoms with van der Waals surface area (Å²) in [5.74, 6) is 1.15. The number of rotatable bonds is 2. The Morgan fingerprint density at radius 1 is 0.917 bits per heavy atom. The second kappa shape index (κ2) is 9.81. The highest BCUT2D eigenvalue weighted by Crippen LogP contribution is 2.29. The van der Waals surface area contributed by atoms with Gasteiger partial charge in [-0.25, -0.2) is 0 Å². The molecule has 134 valence electrons. The molecule has 2 N–H and O–H groups in total. The first kappa shape index (κ1) is 19.0. The molecule has 2 saturated heterocycles. The fourth-order valence-corrected chi connectivity index (χ4v) is 3.30. The lowest BCUT2D eigenvalue weighted by atomic mass is 9.97. The van der Waals surface area contributed by atoms with Crippen molar-refractivity contribution >= 4 is 11.6 Å². The minimum atomic E-state index is 0. The Kier molecular flexibility index (Phi) is 7.75. The maximum atomic E-state index is 5.94. The van der Waals surface area contributed by atoms with Crippen molar-refractivity contribution in [2.75, 3.05) is 26.4 Å². The van der Waals surface area contributed by atoms with E-state index in [2.05, 4.69) is 26.5 Å². The topological polar surface area (TPSA) is 75.8 Å². The molecule has 0 atom stereocenters. The molecule has 0 unspecified atom stereocenters. The molecule has 2 aromatic heterocycles. The summed E-state index contributed by atoms with van der Waals surface area (Å²) in [6.45, 7) is 3.45. The molecule has 0 aromatic carbocycles. The number of H-pyrrole nitrogens is 2. The summed E-state index contributed by atoms with van der Waals surface area (Å²) in [6, 6.07) is 2.05. The van der Waals surface area contributed by atoms with E-state index in [1.165, 1.54) is 5.69 Å². The summed E-state index contributed by atoms with van der Waals surface area (Å²) in [5, 5.41) is 14.5. The van der Waals surface area contributed by atoms with Crippen LogP contribution in [0.15, 0.2) is 18.5 Å². The lowest BCUT2D eigenvalue weighted by molar-refractivity contribution is 0.0844. The van der Waals surface area contributed by atoms with Crippen LogP contribution in [0.4, 0.5) is 0 Å². The summed E-state index contributed by atoms with van der Waals surface area (Å²) < 4.78 is 10.5. The van der Waals surface area contributed by atoms with Gasteiger partial charge in [0.2, 0.25) is 0 Å². The van der Waals surface area contributed by atoms with Crippen LogP contribution in [-0.2, 0) is 9.47 Å². The van der Waals surface area contributed by atoms with Crippen LogP contribution >= 0.6 is 11.6 Å². The lowest BCUT2D eigenvalue weighted by Gasteiger charge is -2.20. The second-order valence-corrected chi connectivity index (χ2v) is 6.32. The Hall–Kier alpha value is -1.37. The van der Waals surface area contributed by atoms with Crippen LogP contribution in [0.5, 0.6) is 0 Å². The van der Waals surface area contributed by atoms with Gasteiger partial charge in [-0.15, -0.1) is 0 Å². The van der Waals surface area contributed by atoms with Crippen LogP contribution in [0.2, 0.25) is 5.02 Å². The predicted octanol–water partition coefficient (Wildman–Crippen LogP) is 3.90. The number of hydrogen-bond acceptors (Lipinski definition) is 4. The van der Waals surface area contributed by atoms with E-state index in [1.807, 2.05) is 6.20 Å². The first-order chi connectivity index (χ1) is 11.3. The zero-order chi connectivity index (χ0) is 15.9. The molecule has 0 amide bonds. The van der Waals surface area contributed by atoms with Gasteiger partial charge in [0.1, 0.15) is 0 Å². The first-order valence-electron chi connectivity index (χ1n) is 8.18. The zero-order valence-electron chi connectivity index (χ0n) is 13.1.